The van der Waals surface area contributed by atoms with Crippen molar-refractivity contribution < 1.29 is 52.5 Å². The van der Waals surface area contributed by atoms with E-state index in [4.69, 9.17) is 0 Å². The summed E-state index contributed by atoms with van der Waals surface area (Å²) in [4.78, 5) is 11.0. The first-order valence-corrected chi connectivity index (χ1v) is 11.2. The molecule has 16 heteroatoms. The first-order chi connectivity index (χ1) is 14.2. The molecule has 1 N–H and O–H groups in total. The van der Waals surface area contributed by atoms with Crippen LogP contribution in [0.25, 0.3) is 4.13 Å². The number of benzene rings is 1. The van der Waals surface area contributed by atoms with Gasteiger partial charge in [-0.2, -0.15) is 26.3 Å². The van der Waals surface area contributed by atoms with Crippen LogP contribution in [0.15, 0.2) is 43.0 Å². The predicted molar refractivity (Wildman–Crippen MR) is 104 cm³/mol. The maximum atomic E-state index is 11.4. The molecule has 0 aliphatic carbocycles. The Kier molecular flexibility index (Phi) is 10.4. The molecule has 8 nitrogen and oxygen atoms in total. The third-order valence-electron chi connectivity index (χ3n) is 3.44. The van der Waals surface area contributed by atoms with Crippen molar-refractivity contribution in [3.05, 3.63) is 52.7 Å². The molecule has 1 amide bonds. The summed E-state index contributed by atoms with van der Waals surface area (Å²) >= 11 is 0. The minimum Gasteiger partial charge on any atom is -0.421 e. The van der Waals surface area contributed by atoms with Crippen molar-refractivity contribution in [3.8, 4) is 0 Å². The second kappa shape index (κ2) is 11.1. The van der Waals surface area contributed by atoms with Crippen LogP contribution in [0.3, 0.4) is 0 Å². The monoisotopic (exact) mass is 513 g/mol. The molecule has 0 atom stereocenters. The summed E-state index contributed by atoms with van der Waals surface area (Å²) < 4.78 is 110. The molecule has 0 heterocycles. The van der Waals surface area contributed by atoms with Gasteiger partial charge >= 0.3 is 11.0 Å². The van der Waals surface area contributed by atoms with Gasteiger partial charge in [0, 0.05) is 5.56 Å². The topological polar surface area (TPSA) is 111 Å². The average Bonchev–Trinajstić information content (AvgIpc) is 2.59. The Morgan fingerprint density at radius 3 is 1.81 bits per heavy atom. The molecule has 0 fully saturated rings. The number of nitrogens with one attached hydrogen (secondary N) is 1. The van der Waals surface area contributed by atoms with E-state index in [0.29, 0.717) is 6.54 Å². The van der Waals surface area contributed by atoms with Crippen LogP contribution in [0.5, 0.6) is 0 Å². The Morgan fingerprint density at radius 2 is 1.44 bits per heavy atom. The first-order valence-electron chi connectivity index (χ1n) is 8.37. The molecule has 0 aliphatic heterocycles. The third-order valence-corrected chi connectivity index (χ3v) is 6.18. The van der Waals surface area contributed by atoms with Gasteiger partial charge in [-0.1, -0.05) is 36.9 Å². The molecule has 0 saturated heterocycles. The van der Waals surface area contributed by atoms with Crippen LogP contribution in [0, 0.1) is 0 Å². The second-order valence-corrected chi connectivity index (χ2v) is 10.1. The van der Waals surface area contributed by atoms with Crippen LogP contribution in [-0.2, 0) is 31.4 Å². The summed E-state index contributed by atoms with van der Waals surface area (Å²) in [5, 5.41) is 2.80. The minimum atomic E-state index is -6.72. The number of likely N-dealkylation sites (N-methyl/N-ethyl adjacent to an activating group) is 1. The van der Waals surface area contributed by atoms with Crippen molar-refractivity contribution in [2.24, 2.45) is 0 Å². The molecular weight excluding hydrogens is 492 g/mol. The number of nitrogens with zero attached hydrogens (tertiary/aromatic N) is 2. The van der Waals surface area contributed by atoms with E-state index in [1.165, 1.54) is 11.6 Å². The van der Waals surface area contributed by atoms with Gasteiger partial charge in [0.15, 0.2) is 20.0 Å². The maximum Gasteiger partial charge on any atom is 0.480 e. The van der Waals surface area contributed by atoms with E-state index >= 15 is 0 Å². The van der Waals surface area contributed by atoms with Crippen molar-refractivity contribution in [1.82, 2.24) is 5.32 Å². The van der Waals surface area contributed by atoms with Gasteiger partial charge < -0.3 is 13.9 Å². The normalized spacial score (nSPS) is 13.0. The highest BCUT2D eigenvalue weighted by Gasteiger charge is 2.46. The zero-order valence-electron chi connectivity index (χ0n) is 16.8. The number of halogens is 6. The largest absolute Gasteiger partial charge is 0.480 e. The van der Waals surface area contributed by atoms with Gasteiger partial charge in [0.2, 0.25) is 5.91 Å². The van der Waals surface area contributed by atoms with Crippen molar-refractivity contribution in [2.45, 2.75) is 17.6 Å². The summed E-state index contributed by atoms with van der Waals surface area (Å²) in [5.74, 6) is -0.107. The van der Waals surface area contributed by atoms with E-state index in [1.807, 2.05) is 6.07 Å². The Bertz CT molecular complexity index is 934. The van der Waals surface area contributed by atoms with E-state index in [0.717, 1.165) is 21.7 Å². The number of sulfonamides is 2. The number of amides is 1. The zero-order chi connectivity index (χ0) is 25.4. The predicted octanol–water partition coefficient (Wildman–Crippen LogP) is 2.62. The van der Waals surface area contributed by atoms with Gasteiger partial charge in [0.25, 0.3) is 0 Å². The third kappa shape index (κ3) is 10.4. The first kappa shape index (κ1) is 29.8. The summed E-state index contributed by atoms with van der Waals surface area (Å²) in [5.41, 5.74) is -11.1. The van der Waals surface area contributed by atoms with Crippen molar-refractivity contribution in [3.63, 3.8) is 0 Å². The van der Waals surface area contributed by atoms with Crippen molar-refractivity contribution >= 4 is 26.0 Å². The lowest BCUT2D eigenvalue weighted by molar-refractivity contribution is -0.902. The zero-order valence-corrected chi connectivity index (χ0v) is 18.4. The molecular formula is C16H21F6N3O5S2. The molecule has 0 spiro atoms. The molecule has 1 aromatic carbocycles. The fraction of sp³-hybridized carbons (Fsp3) is 0.438. The highest BCUT2D eigenvalue weighted by molar-refractivity contribution is 8.13. The second-order valence-electron chi connectivity index (χ2n) is 6.71. The van der Waals surface area contributed by atoms with Gasteiger partial charge in [-0.3, -0.25) is 4.79 Å². The van der Waals surface area contributed by atoms with Crippen LogP contribution < -0.4 is 5.32 Å². The van der Waals surface area contributed by atoms with Crippen LogP contribution in [0.2, 0.25) is 0 Å². The average molecular weight is 513 g/mol. The van der Waals surface area contributed by atoms with Gasteiger partial charge in [-0.25, -0.2) is 16.8 Å². The number of rotatable bonds is 8. The van der Waals surface area contributed by atoms with Crippen molar-refractivity contribution in [2.75, 3.05) is 27.2 Å². The van der Waals surface area contributed by atoms with E-state index in [-0.39, 0.29) is 5.91 Å². The number of carbonyl (C=O) groups excluding carboxylic acids is 1. The fourth-order valence-electron chi connectivity index (χ4n) is 1.92. The maximum absolute atomic E-state index is 11.4. The molecule has 0 aromatic heterocycles. The highest BCUT2D eigenvalue weighted by atomic mass is 32.3. The molecule has 1 rings (SSSR count). The van der Waals surface area contributed by atoms with Gasteiger partial charge in [0.05, 0.1) is 27.2 Å². The summed E-state index contributed by atoms with van der Waals surface area (Å²) in [6.45, 7) is 5.96. The van der Waals surface area contributed by atoms with Crippen LogP contribution in [0.4, 0.5) is 26.3 Å². The lowest BCUT2D eigenvalue weighted by Crippen LogP contribution is -2.44. The van der Waals surface area contributed by atoms with E-state index in [1.54, 1.807) is 0 Å². The molecule has 0 aliphatic rings. The molecule has 1 aromatic rings. The smallest absolute Gasteiger partial charge is 0.421 e. The molecule has 0 radical (unpaired) electrons. The lowest BCUT2D eigenvalue weighted by atomic mass is 10.2. The number of carbonyl (C=O) groups is 1. The van der Waals surface area contributed by atoms with Gasteiger partial charge in [-0.15, -0.1) is 0 Å². The Balaban J connectivity index is 0.000000607. The quantitative estimate of drug-likeness (QED) is 0.326. The fourth-order valence-corrected chi connectivity index (χ4v) is 3.63. The molecule has 184 valence electrons. The van der Waals surface area contributed by atoms with E-state index in [9.17, 15) is 48.0 Å². The summed E-state index contributed by atoms with van der Waals surface area (Å²) in [6, 6.07) is 10.4. The van der Waals surface area contributed by atoms with Gasteiger partial charge in [0.1, 0.15) is 6.54 Å². The number of hydrogen-bond acceptors (Lipinski definition) is 5. The molecule has 0 saturated carbocycles. The number of quaternary nitrogens is 1. The Hall–Kier alpha value is -2.17. The van der Waals surface area contributed by atoms with E-state index < -0.39 is 31.1 Å². The van der Waals surface area contributed by atoms with Crippen LogP contribution >= 0.6 is 0 Å². The lowest BCUT2D eigenvalue weighted by Gasteiger charge is -2.29. The standard InChI is InChI=1S/C14H20N2O.C2F6NO4S2/c1-4-14(17)15-10-11-16(2,3)12-13-8-6-5-7-9-13;3-1(4,5)14(10,11)9-15(12,13)2(6,7)8/h4-9H,1,10-12H2,2-3H3;/q;-1/p+1. The van der Waals surface area contributed by atoms with Crippen LogP contribution in [-0.4, -0.2) is 65.4 Å². The number of alkyl halides is 6. The molecule has 32 heavy (non-hydrogen) atoms. The van der Waals surface area contributed by atoms with E-state index in [2.05, 4.69) is 50.3 Å². The number of hydrogen-bond donors (Lipinski definition) is 1. The van der Waals surface area contributed by atoms with Gasteiger partial charge in [-0.05, 0) is 6.08 Å². The van der Waals surface area contributed by atoms with Crippen molar-refractivity contribution in [1.29, 1.82) is 0 Å². The Labute approximate surface area is 181 Å². The SMILES string of the molecule is C=CC(=O)NCC[N+](C)(C)Cc1ccccc1.O=S(=O)([N-]S(=O)(=O)C(F)(F)F)C(F)(F)F. The highest BCUT2D eigenvalue weighted by Crippen LogP contribution is 2.36. The minimum absolute atomic E-state index is 0.107. The molecule has 0 bridgehead atoms. The summed E-state index contributed by atoms with van der Waals surface area (Å²) in [6.07, 6.45) is 1.30. The summed E-state index contributed by atoms with van der Waals surface area (Å²) in [7, 11) is -9.12. The molecule has 0 unspecified atom stereocenters. The Morgan fingerprint density at radius 1 is 1.00 bits per heavy atom. The van der Waals surface area contributed by atoms with Crippen LogP contribution in [0.1, 0.15) is 5.56 Å².